The molecule has 1 saturated heterocycles. The number of nitriles is 1. The second-order valence-electron chi connectivity index (χ2n) is 12.6. The largest absolute Gasteiger partial charge is 0.412 e. The fourth-order valence-corrected chi connectivity index (χ4v) is 7.03. The van der Waals surface area contributed by atoms with Crippen molar-refractivity contribution in [2.24, 2.45) is 0 Å². The van der Waals surface area contributed by atoms with Gasteiger partial charge in [0, 0.05) is 32.7 Å². The van der Waals surface area contributed by atoms with E-state index in [1.165, 1.54) is 26.3 Å². The van der Waals surface area contributed by atoms with E-state index in [-0.39, 0.29) is 32.6 Å². The van der Waals surface area contributed by atoms with Crippen LogP contribution in [0, 0.1) is 11.3 Å². The van der Waals surface area contributed by atoms with Gasteiger partial charge in [0.15, 0.2) is 5.13 Å². The van der Waals surface area contributed by atoms with Crippen LogP contribution < -0.4 is 26.4 Å². The Morgan fingerprint density at radius 3 is 2.57 bits per heavy atom. The highest BCUT2D eigenvalue weighted by molar-refractivity contribution is 7.22. The minimum atomic E-state index is -0.944. The first-order chi connectivity index (χ1) is 26.0. The number of hydrazine groups is 1. The van der Waals surface area contributed by atoms with Crippen molar-refractivity contribution in [2.45, 2.75) is 31.7 Å². The van der Waals surface area contributed by atoms with Gasteiger partial charge in [0.25, 0.3) is 0 Å². The predicted octanol–water partition coefficient (Wildman–Crippen LogP) is 3.86. The molecular weight excluding hydrogens is 755 g/mol. The Balaban J connectivity index is 1.35. The summed E-state index contributed by atoms with van der Waals surface area (Å²) >= 11 is 13.6. The second kappa shape index (κ2) is 18.8. The number of fused-ring (bicyclic) bond motifs is 1. The molecule has 0 unspecified atom stereocenters. The fraction of sp³-hybridized carbons (Fsp3) is 0.333. The molecule has 4 amide bonds. The Bertz CT molecular complexity index is 2010. The smallest absolute Gasteiger partial charge is 0.410 e. The summed E-state index contributed by atoms with van der Waals surface area (Å²) in [5, 5.41) is 22.4. The number of carbonyl (C=O) groups excluding carboxylic acids is 4. The van der Waals surface area contributed by atoms with Gasteiger partial charge in [-0.05, 0) is 67.5 Å². The molecule has 1 fully saturated rings. The van der Waals surface area contributed by atoms with Gasteiger partial charge >= 0.3 is 12.1 Å². The summed E-state index contributed by atoms with van der Waals surface area (Å²) in [4.78, 5) is 60.2. The molecule has 18 heteroatoms. The van der Waals surface area contributed by atoms with Crippen molar-refractivity contribution in [1.82, 2.24) is 40.8 Å². The maximum absolute atomic E-state index is 13.8. The molecule has 4 aromatic rings. The van der Waals surface area contributed by atoms with E-state index in [9.17, 15) is 24.4 Å². The van der Waals surface area contributed by atoms with Crippen molar-refractivity contribution in [3.8, 4) is 11.8 Å². The van der Waals surface area contributed by atoms with Crippen molar-refractivity contribution < 1.29 is 23.9 Å². The number of likely N-dealkylation sites (N-methyl/N-ethyl adjacent to an activating group) is 1. The number of nitrogen functional groups attached to an aromatic ring is 1. The molecule has 1 aliphatic rings. The monoisotopic (exact) mass is 794 g/mol. The lowest BCUT2D eigenvalue weighted by molar-refractivity contribution is -0.134. The SMILES string of the molecule is CN(C)CCNC(=O)Oc1ccc(C[C@@H](C=O)N2C(=O)CN(N(CC#N)C(=O)NCc3ccc(Cl)c(Cl)c3)[C@H]2CNCc2cccc3sc(N)nc23)cc1. The van der Waals surface area contributed by atoms with Gasteiger partial charge < -0.3 is 41.0 Å². The van der Waals surface area contributed by atoms with Crippen LogP contribution in [-0.2, 0) is 29.1 Å². The van der Waals surface area contributed by atoms with Gasteiger partial charge in [0.2, 0.25) is 5.91 Å². The molecule has 5 rings (SSSR count). The third-order valence-corrected chi connectivity index (χ3v) is 10.1. The molecular formula is C36H40Cl2N10O5S. The summed E-state index contributed by atoms with van der Waals surface area (Å²) in [6.45, 7) is 0.945. The number of ether oxygens (including phenoxy) is 1. The number of benzene rings is 3. The number of anilines is 1. The van der Waals surface area contributed by atoms with Crippen molar-refractivity contribution in [1.29, 1.82) is 5.26 Å². The highest BCUT2D eigenvalue weighted by atomic mass is 35.5. The number of rotatable bonds is 16. The summed E-state index contributed by atoms with van der Waals surface area (Å²) in [7, 11) is 3.79. The number of urea groups is 1. The lowest BCUT2D eigenvalue weighted by atomic mass is 10.0. The molecule has 5 N–H and O–H groups in total. The van der Waals surface area contributed by atoms with Crippen LogP contribution in [0.2, 0.25) is 10.0 Å². The Kier molecular flexibility index (Phi) is 14.0. The van der Waals surface area contributed by atoms with E-state index in [4.69, 9.17) is 33.7 Å². The van der Waals surface area contributed by atoms with E-state index >= 15 is 0 Å². The molecule has 2 heterocycles. The molecule has 1 aromatic heterocycles. The van der Waals surface area contributed by atoms with Gasteiger partial charge in [-0.25, -0.2) is 19.6 Å². The fourth-order valence-electron chi connectivity index (χ4n) is 5.93. The summed E-state index contributed by atoms with van der Waals surface area (Å²) in [5.41, 5.74) is 8.96. The number of para-hydroxylation sites is 1. The Morgan fingerprint density at radius 1 is 1.11 bits per heavy atom. The Labute approximate surface area is 326 Å². The van der Waals surface area contributed by atoms with Gasteiger partial charge in [-0.3, -0.25) is 4.79 Å². The first-order valence-electron chi connectivity index (χ1n) is 16.9. The number of nitrogens with two attached hydrogens (primary N) is 1. The molecule has 0 spiro atoms. The minimum absolute atomic E-state index is 0.0707. The van der Waals surface area contributed by atoms with Crippen LogP contribution in [0.1, 0.15) is 16.7 Å². The average Bonchev–Trinajstić information content (AvgIpc) is 3.69. The van der Waals surface area contributed by atoms with Crippen molar-refractivity contribution in [2.75, 3.05) is 52.6 Å². The maximum Gasteiger partial charge on any atom is 0.412 e. The summed E-state index contributed by atoms with van der Waals surface area (Å²) in [6.07, 6.45) is -0.626. The molecule has 3 aromatic carbocycles. The third-order valence-electron chi connectivity index (χ3n) is 8.53. The summed E-state index contributed by atoms with van der Waals surface area (Å²) < 4.78 is 6.28. The minimum Gasteiger partial charge on any atom is -0.410 e. The molecule has 0 bridgehead atoms. The number of amides is 4. The van der Waals surface area contributed by atoms with E-state index in [1.54, 1.807) is 42.5 Å². The molecule has 0 saturated carbocycles. The second-order valence-corrected chi connectivity index (χ2v) is 14.5. The Hall–Kier alpha value is -5.02. The molecule has 2 atom stereocenters. The first kappa shape index (κ1) is 40.2. The van der Waals surface area contributed by atoms with Gasteiger partial charge in [0.1, 0.15) is 24.7 Å². The zero-order valence-electron chi connectivity index (χ0n) is 29.6. The molecule has 1 aliphatic heterocycles. The van der Waals surface area contributed by atoms with Crippen LogP contribution in [0.25, 0.3) is 10.2 Å². The summed E-state index contributed by atoms with van der Waals surface area (Å²) in [5.74, 6) is -0.104. The van der Waals surface area contributed by atoms with E-state index in [0.717, 1.165) is 15.8 Å². The van der Waals surface area contributed by atoms with E-state index in [1.807, 2.05) is 43.3 Å². The highest BCUT2D eigenvalue weighted by Crippen LogP contribution is 2.28. The van der Waals surface area contributed by atoms with E-state index < -0.39 is 30.2 Å². The van der Waals surface area contributed by atoms with Gasteiger partial charge in [-0.2, -0.15) is 10.3 Å². The zero-order valence-corrected chi connectivity index (χ0v) is 32.0. The standard InChI is InChI=1S/C36H40Cl2N10O5S/c1-45(2)15-13-42-36(52)53-27-9-6-23(7-10-27)16-26(22-49)48-31(20-41-19-25-4-3-5-30-33(25)44-34(40)54-30)47(21-32(48)50)46(14-12-39)35(51)43-18-24-8-11-28(37)29(38)17-24/h3-11,17,22,26,31,41H,13-16,18-21H2,1-2H3,(H2,40,44)(H,42,52)(H,43,51)/t26-,31+/m0/s1. The first-order valence-corrected chi connectivity index (χ1v) is 18.5. The average molecular weight is 796 g/mol. The van der Waals surface area contributed by atoms with Crippen LogP contribution in [-0.4, -0.2) is 108 Å². The number of halogens is 2. The van der Waals surface area contributed by atoms with Crippen molar-refractivity contribution in [3.05, 3.63) is 87.4 Å². The van der Waals surface area contributed by atoms with Crippen molar-refractivity contribution in [3.63, 3.8) is 0 Å². The molecule has 54 heavy (non-hydrogen) atoms. The zero-order chi connectivity index (χ0) is 38.8. The molecule has 15 nitrogen and oxygen atoms in total. The van der Waals surface area contributed by atoms with Crippen LogP contribution in [0.3, 0.4) is 0 Å². The molecule has 284 valence electrons. The topological polar surface area (TPSA) is 189 Å². The van der Waals surface area contributed by atoms with Crippen LogP contribution in [0.4, 0.5) is 14.7 Å². The Morgan fingerprint density at radius 2 is 1.87 bits per heavy atom. The number of aromatic nitrogens is 1. The van der Waals surface area contributed by atoms with Crippen LogP contribution >= 0.6 is 34.5 Å². The summed E-state index contributed by atoms with van der Waals surface area (Å²) in [6, 6.07) is 17.8. The van der Waals surface area contributed by atoms with E-state index in [2.05, 4.69) is 20.9 Å². The quantitative estimate of drug-likeness (QED) is 0.0953. The number of thiazole rings is 1. The number of aldehydes is 1. The number of hydrogen-bond donors (Lipinski definition) is 4. The van der Waals surface area contributed by atoms with Crippen molar-refractivity contribution >= 4 is 74.2 Å². The number of carbonyl (C=O) groups is 4. The molecule has 0 radical (unpaired) electrons. The van der Waals surface area contributed by atoms with Crippen LogP contribution in [0.5, 0.6) is 5.75 Å². The van der Waals surface area contributed by atoms with Gasteiger partial charge in [-0.15, -0.1) is 0 Å². The number of nitrogens with one attached hydrogen (secondary N) is 3. The van der Waals surface area contributed by atoms with Gasteiger partial charge in [-0.1, -0.05) is 64.9 Å². The normalized spacial score (nSPS) is 14.9. The molecule has 0 aliphatic carbocycles. The maximum atomic E-state index is 13.8. The van der Waals surface area contributed by atoms with E-state index in [0.29, 0.717) is 58.0 Å². The highest BCUT2D eigenvalue weighted by Gasteiger charge is 2.45. The predicted molar refractivity (Wildman–Crippen MR) is 207 cm³/mol. The van der Waals surface area contributed by atoms with Crippen LogP contribution in [0.15, 0.2) is 60.7 Å². The lowest BCUT2D eigenvalue weighted by Gasteiger charge is -2.38. The lowest BCUT2D eigenvalue weighted by Crippen LogP contribution is -2.58. The number of hydrogen-bond acceptors (Lipinski definition) is 12. The number of nitrogens with zero attached hydrogens (tertiary/aromatic N) is 6. The van der Waals surface area contributed by atoms with Gasteiger partial charge in [0.05, 0.1) is 38.9 Å². The third kappa shape index (κ3) is 10.3.